The first-order chi connectivity index (χ1) is 7.91. The molecule has 2 N–H and O–H groups in total. The van der Waals surface area contributed by atoms with Gasteiger partial charge in [-0.3, -0.25) is 9.59 Å². The van der Waals surface area contributed by atoms with Crippen LogP contribution in [0.25, 0.3) is 0 Å². The maximum atomic E-state index is 12.1. The van der Waals surface area contributed by atoms with E-state index in [1.807, 2.05) is 11.8 Å². The van der Waals surface area contributed by atoms with E-state index in [1.54, 1.807) is 0 Å². The molecule has 0 saturated carbocycles. The van der Waals surface area contributed by atoms with Crippen molar-refractivity contribution >= 4 is 11.8 Å². The van der Waals surface area contributed by atoms with Crippen LogP contribution >= 0.6 is 0 Å². The average molecular weight is 240 g/mol. The van der Waals surface area contributed by atoms with Gasteiger partial charge in [0.25, 0.3) is 0 Å². The Kier molecular flexibility index (Phi) is 4.97. The molecular weight excluding hydrogens is 216 g/mol. The van der Waals surface area contributed by atoms with Crippen LogP contribution in [0, 0.1) is 11.8 Å². The number of nitrogens with two attached hydrogens (primary N) is 1. The Morgan fingerprint density at radius 3 is 2.53 bits per heavy atom. The number of piperidine rings is 1. The third-order valence-electron chi connectivity index (χ3n) is 3.54. The summed E-state index contributed by atoms with van der Waals surface area (Å²) in [5.74, 6) is 0.260. The Balaban J connectivity index is 2.54. The predicted octanol–water partition coefficient (Wildman–Crippen LogP) is 1.53. The van der Waals surface area contributed by atoms with Crippen molar-refractivity contribution in [3.8, 4) is 0 Å². The summed E-state index contributed by atoms with van der Waals surface area (Å²) < 4.78 is 0. The molecule has 4 heteroatoms. The van der Waals surface area contributed by atoms with Crippen molar-refractivity contribution in [3.63, 3.8) is 0 Å². The van der Waals surface area contributed by atoms with Gasteiger partial charge in [0.2, 0.25) is 11.8 Å². The molecule has 0 spiro atoms. The highest BCUT2D eigenvalue weighted by atomic mass is 16.2. The number of primary amides is 1. The maximum Gasteiger partial charge on any atom is 0.222 e. The molecule has 17 heavy (non-hydrogen) atoms. The lowest BCUT2D eigenvalue weighted by atomic mass is 9.92. The first-order valence-corrected chi connectivity index (χ1v) is 6.50. The van der Waals surface area contributed by atoms with Crippen molar-refractivity contribution in [3.05, 3.63) is 0 Å². The van der Waals surface area contributed by atoms with Gasteiger partial charge in [-0.25, -0.2) is 0 Å². The van der Waals surface area contributed by atoms with E-state index in [1.165, 1.54) is 0 Å². The molecule has 1 rings (SSSR count). The number of amides is 2. The minimum absolute atomic E-state index is 0.158. The van der Waals surface area contributed by atoms with Crippen LogP contribution in [0.4, 0.5) is 0 Å². The molecule has 1 aliphatic heterocycles. The summed E-state index contributed by atoms with van der Waals surface area (Å²) in [7, 11) is 0. The van der Waals surface area contributed by atoms with Gasteiger partial charge < -0.3 is 10.6 Å². The zero-order valence-corrected chi connectivity index (χ0v) is 11.1. The SMILES string of the molecule is CC(C)CCC(=O)N1C[C@@H](C(N)=O)CC[C@H]1C. The molecule has 98 valence electrons. The number of likely N-dealkylation sites (tertiary alicyclic amines) is 1. The fraction of sp³-hybridized carbons (Fsp3) is 0.846. The van der Waals surface area contributed by atoms with Crippen LogP contribution in [0.15, 0.2) is 0 Å². The lowest BCUT2D eigenvalue weighted by molar-refractivity contribution is -0.137. The Hall–Kier alpha value is -1.06. The normalized spacial score (nSPS) is 25.1. The van der Waals surface area contributed by atoms with Crippen LogP contribution in [0.5, 0.6) is 0 Å². The topological polar surface area (TPSA) is 63.4 Å². The molecular formula is C13H24N2O2. The average Bonchev–Trinajstić information content (AvgIpc) is 2.26. The highest BCUT2D eigenvalue weighted by molar-refractivity contribution is 5.80. The Labute approximate surface area is 104 Å². The summed E-state index contributed by atoms with van der Waals surface area (Å²) in [5.41, 5.74) is 5.32. The van der Waals surface area contributed by atoms with Crippen LogP contribution in [-0.4, -0.2) is 29.3 Å². The molecule has 2 amide bonds. The van der Waals surface area contributed by atoms with Gasteiger partial charge in [0, 0.05) is 19.0 Å². The lowest BCUT2D eigenvalue weighted by Crippen LogP contribution is -2.48. The van der Waals surface area contributed by atoms with Crippen molar-refractivity contribution in [2.75, 3.05) is 6.54 Å². The van der Waals surface area contributed by atoms with Crippen molar-refractivity contribution < 1.29 is 9.59 Å². The standard InChI is InChI=1S/C13H24N2O2/c1-9(2)4-7-12(16)15-8-11(13(14)17)6-5-10(15)3/h9-11H,4-8H2,1-3H3,(H2,14,17)/t10-,11+/m1/s1. The Morgan fingerprint density at radius 2 is 2.00 bits per heavy atom. The molecule has 0 aromatic heterocycles. The molecule has 0 aromatic rings. The second-order valence-corrected chi connectivity index (χ2v) is 5.50. The van der Waals surface area contributed by atoms with E-state index in [0.29, 0.717) is 18.9 Å². The third kappa shape index (κ3) is 4.02. The van der Waals surface area contributed by atoms with Crippen molar-refractivity contribution in [1.29, 1.82) is 0 Å². The first-order valence-electron chi connectivity index (χ1n) is 6.50. The van der Waals surface area contributed by atoms with Gasteiger partial charge in [-0.05, 0) is 32.1 Å². The van der Waals surface area contributed by atoms with Crippen LogP contribution in [0.3, 0.4) is 0 Å². The highest BCUT2D eigenvalue weighted by Gasteiger charge is 2.31. The van der Waals surface area contributed by atoms with Crippen molar-refractivity contribution in [2.24, 2.45) is 17.6 Å². The molecule has 1 fully saturated rings. The third-order valence-corrected chi connectivity index (χ3v) is 3.54. The van der Waals surface area contributed by atoms with Crippen LogP contribution in [-0.2, 0) is 9.59 Å². The number of nitrogens with zero attached hydrogens (tertiary/aromatic N) is 1. The summed E-state index contributed by atoms with van der Waals surface area (Å²) in [6, 6.07) is 0.241. The van der Waals surface area contributed by atoms with E-state index in [-0.39, 0.29) is 23.8 Å². The van der Waals surface area contributed by atoms with Crippen LogP contribution < -0.4 is 5.73 Å². The molecule has 2 atom stereocenters. The Morgan fingerprint density at radius 1 is 1.35 bits per heavy atom. The van der Waals surface area contributed by atoms with Gasteiger partial charge >= 0.3 is 0 Å². The molecule has 0 aliphatic carbocycles. The van der Waals surface area contributed by atoms with E-state index in [0.717, 1.165) is 19.3 Å². The summed E-state index contributed by atoms with van der Waals surface area (Å²) >= 11 is 0. The zero-order chi connectivity index (χ0) is 13.0. The summed E-state index contributed by atoms with van der Waals surface area (Å²) in [6.07, 6.45) is 3.17. The van der Waals surface area contributed by atoms with Gasteiger partial charge in [0.15, 0.2) is 0 Å². The number of hydrogen-bond donors (Lipinski definition) is 1. The second-order valence-electron chi connectivity index (χ2n) is 5.50. The molecule has 0 radical (unpaired) electrons. The molecule has 0 unspecified atom stereocenters. The van der Waals surface area contributed by atoms with Gasteiger partial charge in [-0.1, -0.05) is 13.8 Å². The Bertz CT molecular complexity index is 289. The fourth-order valence-electron chi connectivity index (χ4n) is 2.24. The van der Waals surface area contributed by atoms with E-state index in [9.17, 15) is 9.59 Å². The largest absolute Gasteiger partial charge is 0.369 e. The number of rotatable bonds is 4. The molecule has 0 aromatic carbocycles. The van der Waals surface area contributed by atoms with Gasteiger partial charge in [-0.15, -0.1) is 0 Å². The van der Waals surface area contributed by atoms with E-state index in [2.05, 4.69) is 13.8 Å². The minimum Gasteiger partial charge on any atom is -0.369 e. The van der Waals surface area contributed by atoms with E-state index >= 15 is 0 Å². The molecule has 4 nitrogen and oxygen atoms in total. The quantitative estimate of drug-likeness (QED) is 0.810. The van der Waals surface area contributed by atoms with Crippen molar-refractivity contribution in [2.45, 2.75) is 52.5 Å². The van der Waals surface area contributed by atoms with Gasteiger partial charge in [0.1, 0.15) is 0 Å². The number of hydrogen-bond acceptors (Lipinski definition) is 2. The van der Waals surface area contributed by atoms with Crippen LogP contribution in [0.2, 0.25) is 0 Å². The molecule has 0 bridgehead atoms. The van der Waals surface area contributed by atoms with Gasteiger partial charge in [-0.2, -0.15) is 0 Å². The molecule has 1 aliphatic rings. The maximum absolute atomic E-state index is 12.1. The number of carbonyl (C=O) groups is 2. The van der Waals surface area contributed by atoms with E-state index < -0.39 is 0 Å². The van der Waals surface area contributed by atoms with E-state index in [4.69, 9.17) is 5.73 Å². The lowest BCUT2D eigenvalue weighted by Gasteiger charge is -2.37. The highest BCUT2D eigenvalue weighted by Crippen LogP contribution is 2.23. The fourth-order valence-corrected chi connectivity index (χ4v) is 2.24. The van der Waals surface area contributed by atoms with Gasteiger partial charge in [0.05, 0.1) is 5.92 Å². The summed E-state index contributed by atoms with van der Waals surface area (Å²) in [6.45, 7) is 6.77. The van der Waals surface area contributed by atoms with Crippen LogP contribution in [0.1, 0.15) is 46.5 Å². The second kappa shape index (κ2) is 6.03. The molecule has 1 saturated heterocycles. The summed E-state index contributed by atoms with van der Waals surface area (Å²) in [5, 5.41) is 0. The predicted molar refractivity (Wildman–Crippen MR) is 67.2 cm³/mol. The monoisotopic (exact) mass is 240 g/mol. The van der Waals surface area contributed by atoms with Crippen molar-refractivity contribution in [1.82, 2.24) is 4.90 Å². The minimum atomic E-state index is -0.279. The first kappa shape index (κ1) is 14.0. The summed E-state index contributed by atoms with van der Waals surface area (Å²) in [4.78, 5) is 25.1. The number of carbonyl (C=O) groups excluding carboxylic acids is 2. The zero-order valence-electron chi connectivity index (χ0n) is 11.1. The smallest absolute Gasteiger partial charge is 0.222 e. The molecule has 1 heterocycles.